The molecule has 96 valence electrons. The molecule has 1 aromatic rings. The van der Waals surface area contributed by atoms with Crippen molar-refractivity contribution in [2.45, 2.75) is 19.1 Å². The molecule has 6 heteroatoms. The fourth-order valence-electron chi connectivity index (χ4n) is 1.17. The predicted octanol–water partition coefficient (Wildman–Crippen LogP) is 1.32. The number of nitrogens with zero attached hydrogens (tertiary/aromatic N) is 1. The Hall–Kier alpha value is -1.87. The molecule has 1 rings (SSSR count). The van der Waals surface area contributed by atoms with Gasteiger partial charge >= 0.3 is 0 Å². The zero-order valence-corrected chi connectivity index (χ0v) is 11.0. The molecule has 0 atom stereocenters. The van der Waals surface area contributed by atoms with Crippen LogP contribution in [0.25, 0.3) is 0 Å². The van der Waals surface area contributed by atoms with Crippen molar-refractivity contribution in [3.8, 4) is 6.07 Å². The molecular weight excluding hydrogens is 252 g/mol. The van der Waals surface area contributed by atoms with Gasteiger partial charge in [-0.15, -0.1) is 0 Å². The minimum absolute atomic E-state index is 0.470. The third-order valence-corrected chi connectivity index (χ3v) is 4.45. The maximum absolute atomic E-state index is 11.5. The van der Waals surface area contributed by atoms with Crippen molar-refractivity contribution in [1.29, 1.82) is 5.26 Å². The van der Waals surface area contributed by atoms with Crippen molar-refractivity contribution in [2.75, 3.05) is 11.1 Å². The molecule has 0 radical (unpaired) electrons. The second-order valence-electron chi connectivity index (χ2n) is 4.09. The highest BCUT2D eigenvalue weighted by Crippen LogP contribution is 2.09. The van der Waals surface area contributed by atoms with Gasteiger partial charge in [0.15, 0.2) is 9.84 Å². The average molecular weight is 266 g/mol. The fourth-order valence-corrected chi connectivity index (χ4v) is 1.95. The molecule has 18 heavy (non-hydrogen) atoms. The Morgan fingerprint density at radius 3 is 2.33 bits per heavy atom. The van der Waals surface area contributed by atoms with E-state index in [0.717, 1.165) is 0 Å². The number of nitriles is 1. The van der Waals surface area contributed by atoms with Crippen LogP contribution in [0.15, 0.2) is 24.3 Å². The number of rotatable bonds is 4. The topological polar surface area (TPSA) is 87.0 Å². The lowest BCUT2D eigenvalue weighted by molar-refractivity contribution is -0.113. The number of carbonyl (C=O) groups excluding carboxylic acids is 1. The molecule has 1 aromatic carbocycles. The second-order valence-corrected chi connectivity index (χ2v) is 6.65. The smallest absolute Gasteiger partial charge is 0.239 e. The predicted molar refractivity (Wildman–Crippen MR) is 68.7 cm³/mol. The van der Waals surface area contributed by atoms with Gasteiger partial charge in [0.2, 0.25) is 5.91 Å². The van der Waals surface area contributed by atoms with Gasteiger partial charge in [-0.25, -0.2) is 8.42 Å². The minimum atomic E-state index is -3.39. The second kappa shape index (κ2) is 5.65. The maximum atomic E-state index is 11.5. The molecule has 5 nitrogen and oxygen atoms in total. The Morgan fingerprint density at radius 1 is 1.33 bits per heavy atom. The molecule has 0 bridgehead atoms. The Balaban J connectivity index is 2.68. The summed E-state index contributed by atoms with van der Waals surface area (Å²) in [5, 5.41) is 10.5. The monoisotopic (exact) mass is 266 g/mol. The first kappa shape index (κ1) is 14.2. The highest BCUT2D eigenvalue weighted by molar-refractivity contribution is 7.92. The summed E-state index contributed by atoms with van der Waals surface area (Å²) in [5.41, 5.74) is 0.945. The van der Waals surface area contributed by atoms with Crippen LogP contribution in [0.2, 0.25) is 0 Å². The van der Waals surface area contributed by atoms with Crippen LogP contribution in [-0.2, 0) is 14.6 Å². The van der Waals surface area contributed by atoms with E-state index in [1.165, 1.54) is 13.8 Å². The molecule has 0 unspecified atom stereocenters. The lowest BCUT2D eigenvalue weighted by Crippen LogP contribution is -2.27. The van der Waals surface area contributed by atoms with E-state index in [1.807, 2.05) is 6.07 Å². The number of amides is 1. The molecule has 0 aliphatic rings. The largest absolute Gasteiger partial charge is 0.325 e. The zero-order chi connectivity index (χ0) is 13.8. The van der Waals surface area contributed by atoms with E-state index in [0.29, 0.717) is 11.3 Å². The van der Waals surface area contributed by atoms with Crippen LogP contribution in [-0.4, -0.2) is 25.3 Å². The van der Waals surface area contributed by atoms with E-state index in [9.17, 15) is 13.2 Å². The van der Waals surface area contributed by atoms with Crippen LogP contribution in [0.5, 0.6) is 0 Å². The number of carbonyl (C=O) groups is 1. The van der Waals surface area contributed by atoms with Gasteiger partial charge in [-0.1, -0.05) is 0 Å². The van der Waals surface area contributed by atoms with E-state index < -0.39 is 26.7 Å². The summed E-state index contributed by atoms with van der Waals surface area (Å²) in [4.78, 5) is 11.5. The number of hydrogen-bond acceptors (Lipinski definition) is 4. The van der Waals surface area contributed by atoms with Crippen LogP contribution in [0.3, 0.4) is 0 Å². The highest BCUT2D eigenvalue weighted by Gasteiger charge is 2.20. The number of benzene rings is 1. The van der Waals surface area contributed by atoms with E-state index in [4.69, 9.17) is 5.26 Å². The maximum Gasteiger partial charge on any atom is 0.239 e. The van der Waals surface area contributed by atoms with Gasteiger partial charge in [0, 0.05) is 5.69 Å². The number of nitrogens with one attached hydrogen (secondary N) is 1. The van der Waals surface area contributed by atoms with Gasteiger partial charge in [0.1, 0.15) is 5.75 Å². The summed E-state index contributed by atoms with van der Waals surface area (Å²) < 4.78 is 23.1. The van der Waals surface area contributed by atoms with Crippen LogP contribution < -0.4 is 5.32 Å². The number of hydrogen-bond donors (Lipinski definition) is 1. The Bertz CT molecular complexity index is 568. The Kier molecular flexibility index (Phi) is 4.45. The zero-order valence-electron chi connectivity index (χ0n) is 10.2. The Labute approximate surface area is 106 Å². The van der Waals surface area contributed by atoms with E-state index in [2.05, 4.69) is 5.32 Å². The lowest BCUT2D eigenvalue weighted by atomic mass is 10.2. The first-order valence-electron chi connectivity index (χ1n) is 5.37. The van der Waals surface area contributed by atoms with Gasteiger partial charge < -0.3 is 5.32 Å². The Morgan fingerprint density at radius 2 is 1.89 bits per heavy atom. The molecule has 0 aliphatic heterocycles. The van der Waals surface area contributed by atoms with Gasteiger partial charge in [0.05, 0.1) is 16.9 Å². The van der Waals surface area contributed by atoms with Crippen molar-refractivity contribution in [3.05, 3.63) is 29.8 Å². The summed E-state index contributed by atoms with van der Waals surface area (Å²) >= 11 is 0. The van der Waals surface area contributed by atoms with Crippen LogP contribution in [0.4, 0.5) is 5.69 Å². The summed E-state index contributed by atoms with van der Waals surface area (Å²) in [6.45, 7) is 3.06. The van der Waals surface area contributed by atoms with Crippen LogP contribution in [0, 0.1) is 11.3 Å². The SMILES string of the molecule is CC(C)S(=O)(=O)CC(=O)Nc1ccc(C#N)cc1. The van der Waals surface area contributed by atoms with Crippen molar-refractivity contribution in [2.24, 2.45) is 0 Å². The molecule has 1 amide bonds. The van der Waals surface area contributed by atoms with E-state index >= 15 is 0 Å². The van der Waals surface area contributed by atoms with E-state index in [-0.39, 0.29) is 0 Å². The van der Waals surface area contributed by atoms with Crippen LogP contribution in [0.1, 0.15) is 19.4 Å². The van der Waals surface area contributed by atoms with Crippen molar-refractivity contribution in [3.63, 3.8) is 0 Å². The molecule has 0 aliphatic carbocycles. The molecular formula is C12H14N2O3S. The number of sulfone groups is 1. The summed E-state index contributed by atoms with van der Waals surface area (Å²) in [6, 6.07) is 8.16. The summed E-state index contributed by atoms with van der Waals surface area (Å²) in [5.74, 6) is -1.11. The van der Waals surface area contributed by atoms with Gasteiger partial charge in [-0.05, 0) is 38.1 Å². The van der Waals surface area contributed by atoms with Gasteiger partial charge in [0.25, 0.3) is 0 Å². The summed E-state index contributed by atoms with van der Waals surface area (Å²) in [6.07, 6.45) is 0. The molecule has 0 heterocycles. The molecule has 0 aromatic heterocycles. The molecule has 0 fully saturated rings. The van der Waals surface area contributed by atoms with Crippen molar-refractivity contribution < 1.29 is 13.2 Å². The molecule has 0 saturated heterocycles. The van der Waals surface area contributed by atoms with Crippen molar-refractivity contribution in [1.82, 2.24) is 0 Å². The standard InChI is InChI=1S/C12H14N2O3S/c1-9(2)18(16,17)8-12(15)14-11-5-3-10(7-13)4-6-11/h3-6,9H,8H2,1-2H3,(H,14,15). The first-order valence-corrected chi connectivity index (χ1v) is 7.08. The van der Waals surface area contributed by atoms with Gasteiger partial charge in [-0.2, -0.15) is 5.26 Å². The van der Waals surface area contributed by atoms with E-state index in [1.54, 1.807) is 24.3 Å². The summed E-state index contributed by atoms with van der Waals surface area (Å²) in [7, 11) is -3.39. The number of anilines is 1. The first-order chi connectivity index (χ1) is 8.35. The highest BCUT2D eigenvalue weighted by atomic mass is 32.2. The third-order valence-electron chi connectivity index (χ3n) is 2.35. The van der Waals surface area contributed by atoms with Gasteiger partial charge in [-0.3, -0.25) is 4.79 Å². The average Bonchev–Trinajstić information content (AvgIpc) is 2.29. The minimum Gasteiger partial charge on any atom is -0.325 e. The molecule has 1 N–H and O–H groups in total. The molecule has 0 saturated carbocycles. The quantitative estimate of drug-likeness (QED) is 0.890. The molecule has 0 spiro atoms. The fraction of sp³-hybridized carbons (Fsp3) is 0.333. The van der Waals surface area contributed by atoms with Crippen molar-refractivity contribution >= 4 is 21.4 Å². The normalized spacial score (nSPS) is 11.0. The lowest BCUT2D eigenvalue weighted by Gasteiger charge is -2.08. The van der Waals surface area contributed by atoms with Crippen LogP contribution >= 0.6 is 0 Å². The third kappa shape index (κ3) is 3.86.